The summed E-state index contributed by atoms with van der Waals surface area (Å²) in [5, 5.41) is 54.8. The third-order valence-electron chi connectivity index (χ3n) is 14.1. The lowest BCUT2D eigenvalue weighted by Gasteiger charge is -2.40. The van der Waals surface area contributed by atoms with Gasteiger partial charge in [0.15, 0.2) is 6.29 Å². The van der Waals surface area contributed by atoms with E-state index in [1.165, 1.54) is 161 Å². The average Bonchev–Trinajstić information content (AvgIpc) is 3.37. The summed E-state index contributed by atoms with van der Waals surface area (Å²) in [4.78, 5) is 13.1. The minimum Gasteiger partial charge on any atom is -0.394 e. The molecule has 414 valence electrons. The third kappa shape index (κ3) is 40.9. The van der Waals surface area contributed by atoms with Gasteiger partial charge in [-0.15, -0.1) is 0 Å². The number of allylic oxidation sites excluding steroid dienone is 10. The molecule has 9 nitrogen and oxygen atoms in total. The number of nitrogens with one attached hydrogen (secondary N) is 1. The molecule has 0 aliphatic carbocycles. The van der Waals surface area contributed by atoms with Crippen LogP contribution in [0.2, 0.25) is 0 Å². The predicted molar refractivity (Wildman–Crippen MR) is 299 cm³/mol. The van der Waals surface area contributed by atoms with E-state index >= 15 is 0 Å². The fraction of sp³-hybridized carbons (Fsp3) is 0.823. The van der Waals surface area contributed by atoms with E-state index in [9.17, 15) is 30.3 Å². The van der Waals surface area contributed by atoms with Crippen LogP contribution in [0.1, 0.15) is 271 Å². The molecule has 0 bridgehead atoms. The van der Waals surface area contributed by atoms with Crippen LogP contribution in [0, 0.1) is 0 Å². The Bertz CT molecular complexity index is 1300. The summed E-state index contributed by atoms with van der Waals surface area (Å²) in [6.07, 6.45) is 62.5. The number of carbonyl (C=O) groups is 1. The normalized spacial score (nSPS) is 19.7. The SMILES string of the molecule is CC/C=C\C/C=C\C/C=C\C/C=C\C/C=C\CCCCCCCCCC(=O)NC(COC1OC(CO)C(O)C(O)C1O)C(O)CCCCCCCCCCCCCCCCCCCCCCCCCCC. The van der Waals surface area contributed by atoms with Crippen molar-refractivity contribution in [1.82, 2.24) is 5.32 Å². The highest BCUT2D eigenvalue weighted by Crippen LogP contribution is 2.23. The van der Waals surface area contributed by atoms with Crippen LogP contribution in [0.5, 0.6) is 0 Å². The molecule has 1 aliphatic rings. The first-order chi connectivity index (χ1) is 34.8. The van der Waals surface area contributed by atoms with Crippen molar-refractivity contribution < 1.29 is 39.8 Å². The molecular formula is C62H113NO8. The molecule has 0 aromatic carbocycles. The molecule has 1 rings (SSSR count). The Morgan fingerprint density at radius 3 is 1.30 bits per heavy atom. The van der Waals surface area contributed by atoms with Gasteiger partial charge in [0, 0.05) is 6.42 Å². The summed E-state index contributed by atoms with van der Waals surface area (Å²) in [5.41, 5.74) is 0. The van der Waals surface area contributed by atoms with E-state index in [2.05, 4.69) is 79.9 Å². The molecular weight excluding hydrogens is 887 g/mol. The van der Waals surface area contributed by atoms with Gasteiger partial charge in [-0.3, -0.25) is 4.79 Å². The third-order valence-corrected chi connectivity index (χ3v) is 14.1. The Balaban J connectivity index is 2.21. The number of aliphatic hydroxyl groups excluding tert-OH is 5. The summed E-state index contributed by atoms with van der Waals surface area (Å²) >= 11 is 0. The van der Waals surface area contributed by atoms with Crippen LogP contribution in [-0.2, 0) is 14.3 Å². The van der Waals surface area contributed by atoms with Crippen molar-refractivity contribution in [2.75, 3.05) is 13.2 Å². The first-order valence-electron chi connectivity index (χ1n) is 30.0. The number of hydrogen-bond acceptors (Lipinski definition) is 8. The maximum atomic E-state index is 13.1. The zero-order valence-electron chi connectivity index (χ0n) is 46.0. The number of ether oxygens (including phenoxy) is 2. The summed E-state index contributed by atoms with van der Waals surface area (Å²) < 4.78 is 11.3. The minimum atomic E-state index is -1.56. The van der Waals surface area contributed by atoms with Gasteiger partial charge < -0.3 is 40.3 Å². The Labute approximate surface area is 436 Å². The van der Waals surface area contributed by atoms with Crippen LogP contribution >= 0.6 is 0 Å². The van der Waals surface area contributed by atoms with Gasteiger partial charge in [-0.05, 0) is 57.8 Å². The Morgan fingerprint density at radius 1 is 0.493 bits per heavy atom. The zero-order chi connectivity index (χ0) is 51.5. The molecule has 1 aliphatic heterocycles. The van der Waals surface area contributed by atoms with Gasteiger partial charge >= 0.3 is 0 Å². The van der Waals surface area contributed by atoms with E-state index < -0.39 is 49.5 Å². The lowest BCUT2D eigenvalue weighted by molar-refractivity contribution is -0.302. The van der Waals surface area contributed by atoms with Gasteiger partial charge in [-0.2, -0.15) is 0 Å². The lowest BCUT2D eigenvalue weighted by Crippen LogP contribution is -2.60. The van der Waals surface area contributed by atoms with Crippen LogP contribution in [0.3, 0.4) is 0 Å². The molecule has 1 saturated heterocycles. The van der Waals surface area contributed by atoms with Gasteiger partial charge in [0.1, 0.15) is 24.4 Å². The molecule has 1 amide bonds. The van der Waals surface area contributed by atoms with Crippen molar-refractivity contribution in [2.24, 2.45) is 0 Å². The fourth-order valence-electron chi connectivity index (χ4n) is 9.43. The predicted octanol–water partition coefficient (Wildman–Crippen LogP) is 15.1. The van der Waals surface area contributed by atoms with Crippen molar-refractivity contribution in [3.63, 3.8) is 0 Å². The largest absolute Gasteiger partial charge is 0.394 e. The zero-order valence-corrected chi connectivity index (χ0v) is 46.0. The van der Waals surface area contributed by atoms with Crippen molar-refractivity contribution in [2.45, 2.75) is 314 Å². The summed E-state index contributed by atoms with van der Waals surface area (Å²) in [5.74, 6) is -0.154. The van der Waals surface area contributed by atoms with E-state index in [1.54, 1.807) is 0 Å². The number of amides is 1. The molecule has 0 aromatic rings. The molecule has 0 spiro atoms. The Kier molecular flexibility index (Phi) is 48.4. The van der Waals surface area contributed by atoms with E-state index in [0.717, 1.165) is 83.5 Å². The first-order valence-corrected chi connectivity index (χ1v) is 30.0. The topological polar surface area (TPSA) is 149 Å². The number of hydrogen-bond donors (Lipinski definition) is 6. The summed E-state index contributed by atoms with van der Waals surface area (Å²) in [7, 11) is 0. The number of rotatable bonds is 51. The highest BCUT2D eigenvalue weighted by molar-refractivity contribution is 5.76. The van der Waals surface area contributed by atoms with Crippen molar-refractivity contribution in [3.05, 3.63) is 60.8 Å². The molecule has 6 N–H and O–H groups in total. The molecule has 1 fully saturated rings. The van der Waals surface area contributed by atoms with E-state index in [4.69, 9.17) is 9.47 Å². The molecule has 7 atom stereocenters. The highest BCUT2D eigenvalue weighted by Gasteiger charge is 2.44. The minimum absolute atomic E-state index is 0.144. The van der Waals surface area contributed by atoms with Gasteiger partial charge in [0.05, 0.1) is 25.4 Å². The van der Waals surface area contributed by atoms with Crippen LogP contribution in [0.15, 0.2) is 60.8 Å². The highest BCUT2D eigenvalue weighted by atomic mass is 16.7. The molecule has 7 unspecified atom stereocenters. The van der Waals surface area contributed by atoms with Crippen molar-refractivity contribution in [1.29, 1.82) is 0 Å². The number of aliphatic hydroxyl groups is 5. The first kappa shape index (κ1) is 66.9. The van der Waals surface area contributed by atoms with Crippen molar-refractivity contribution in [3.8, 4) is 0 Å². The number of carbonyl (C=O) groups excluding carboxylic acids is 1. The molecule has 1 heterocycles. The second kappa shape index (κ2) is 51.4. The summed E-state index contributed by atoms with van der Waals surface area (Å²) in [6.45, 7) is 3.74. The van der Waals surface area contributed by atoms with Crippen molar-refractivity contribution >= 4 is 5.91 Å². The van der Waals surface area contributed by atoms with Crippen LogP contribution in [0.25, 0.3) is 0 Å². The van der Waals surface area contributed by atoms with Gasteiger partial charge in [0.2, 0.25) is 5.91 Å². The maximum Gasteiger partial charge on any atom is 0.220 e. The van der Waals surface area contributed by atoms with Crippen LogP contribution < -0.4 is 5.32 Å². The molecule has 9 heteroatoms. The Morgan fingerprint density at radius 2 is 0.873 bits per heavy atom. The van der Waals surface area contributed by atoms with Gasteiger partial charge in [-0.1, -0.05) is 267 Å². The standard InChI is InChI=1S/C62H113NO8/c1-3-5-7-9-11-13-15-17-19-21-23-25-27-28-30-31-33-35-37-39-41-43-45-47-49-51-56(65)55(54-70-62-61(69)60(68)59(67)57(53-64)71-62)63-58(66)52-50-48-46-44-42-40-38-36-34-32-29-26-24-22-20-18-16-14-12-10-8-6-4-2/h6,8,12,14,18,20,24,26,32,34,55-57,59-62,64-65,67-69H,3-5,7,9-11,13,15-17,19,21-23,25,27-31,33,35-54H2,1-2H3,(H,63,66)/b8-6-,14-12-,20-18-,26-24-,34-32-. The van der Waals surface area contributed by atoms with Crippen LogP contribution in [0.4, 0.5) is 0 Å². The maximum absolute atomic E-state index is 13.1. The quantitative estimate of drug-likeness (QED) is 0.0261. The molecule has 0 radical (unpaired) electrons. The molecule has 0 aromatic heterocycles. The van der Waals surface area contributed by atoms with Crippen LogP contribution in [-0.4, -0.2) is 87.5 Å². The Hall–Kier alpha value is -2.11. The van der Waals surface area contributed by atoms with E-state index in [0.29, 0.717) is 12.8 Å². The fourth-order valence-corrected chi connectivity index (χ4v) is 9.43. The second-order valence-corrected chi connectivity index (χ2v) is 20.8. The van der Waals surface area contributed by atoms with Gasteiger partial charge in [-0.25, -0.2) is 0 Å². The number of unbranched alkanes of at least 4 members (excludes halogenated alkanes) is 31. The van der Waals surface area contributed by atoms with E-state index in [-0.39, 0.29) is 12.5 Å². The smallest absolute Gasteiger partial charge is 0.220 e. The van der Waals surface area contributed by atoms with Gasteiger partial charge in [0.25, 0.3) is 0 Å². The lowest BCUT2D eigenvalue weighted by atomic mass is 9.99. The second-order valence-electron chi connectivity index (χ2n) is 20.8. The average molecular weight is 1000 g/mol. The van der Waals surface area contributed by atoms with E-state index in [1.807, 2.05) is 0 Å². The summed E-state index contributed by atoms with van der Waals surface area (Å²) in [6, 6.07) is -0.729. The molecule has 71 heavy (non-hydrogen) atoms. The molecule has 0 saturated carbocycles. The monoisotopic (exact) mass is 1000 g/mol.